The van der Waals surface area contributed by atoms with E-state index in [1.807, 2.05) is 48.9 Å². The van der Waals surface area contributed by atoms with E-state index in [4.69, 9.17) is 0 Å². The first-order valence-electron chi connectivity index (χ1n) is 12.1. The van der Waals surface area contributed by atoms with Crippen molar-refractivity contribution in [2.45, 2.75) is 65.2 Å². The SMILES string of the molecule is Cc1nn(-c2ccccc2)c(C)c1NC(=O)CCCNC(=O)C12CC3CC(CC(C3)C1)C2. The van der Waals surface area contributed by atoms with Crippen LogP contribution >= 0.6 is 0 Å². The molecular weight excluding hydrogens is 400 g/mol. The van der Waals surface area contributed by atoms with E-state index in [1.165, 1.54) is 19.3 Å². The maximum Gasteiger partial charge on any atom is 0.226 e. The highest BCUT2D eigenvalue weighted by Crippen LogP contribution is 2.60. The molecule has 2 aromatic rings. The van der Waals surface area contributed by atoms with Gasteiger partial charge >= 0.3 is 0 Å². The molecule has 32 heavy (non-hydrogen) atoms. The number of aromatic nitrogens is 2. The third kappa shape index (κ3) is 3.96. The van der Waals surface area contributed by atoms with Gasteiger partial charge < -0.3 is 10.6 Å². The lowest BCUT2D eigenvalue weighted by Gasteiger charge is -2.55. The van der Waals surface area contributed by atoms with Crippen molar-refractivity contribution in [1.82, 2.24) is 15.1 Å². The molecule has 4 aliphatic rings. The Labute approximate surface area is 190 Å². The van der Waals surface area contributed by atoms with E-state index in [2.05, 4.69) is 15.7 Å². The molecule has 0 aliphatic heterocycles. The fourth-order valence-electron chi connectivity index (χ4n) is 6.87. The molecule has 0 radical (unpaired) electrons. The summed E-state index contributed by atoms with van der Waals surface area (Å²) < 4.78 is 1.86. The summed E-state index contributed by atoms with van der Waals surface area (Å²) in [6.07, 6.45) is 8.29. The number of anilines is 1. The van der Waals surface area contributed by atoms with E-state index in [0.29, 0.717) is 19.4 Å². The Kier molecular flexibility index (Phi) is 5.56. The largest absolute Gasteiger partial charge is 0.356 e. The summed E-state index contributed by atoms with van der Waals surface area (Å²) >= 11 is 0. The molecule has 4 bridgehead atoms. The van der Waals surface area contributed by atoms with Crippen molar-refractivity contribution in [3.05, 3.63) is 41.7 Å². The average Bonchev–Trinajstić information content (AvgIpc) is 3.04. The Morgan fingerprint density at radius 1 is 1.03 bits per heavy atom. The fraction of sp³-hybridized carbons (Fsp3) is 0.577. The van der Waals surface area contributed by atoms with E-state index < -0.39 is 0 Å². The molecule has 0 atom stereocenters. The quantitative estimate of drug-likeness (QED) is 0.628. The minimum absolute atomic E-state index is 0.0344. The zero-order chi connectivity index (χ0) is 22.3. The first-order valence-corrected chi connectivity index (χ1v) is 12.1. The molecule has 6 nitrogen and oxygen atoms in total. The van der Waals surface area contributed by atoms with Crippen molar-refractivity contribution >= 4 is 17.5 Å². The molecule has 1 aromatic carbocycles. The van der Waals surface area contributed by atoms with Gasteiger partial charge in [-0.05, 0) is 88.7 Å². The molecule has 6 rings (SSSR count). The van der Waals surface area contributed by atoms with Gasteiger partial charge in [-0.1, -0.05) is 18.2 Å². The molecule has 1 heterocycles. The predicted molar refractivity (Wildman–Crippen MR) is 125 cm³/mol. The van der Waals surface area contributed by atoms with Gasteiger partial charge in [0.25, 0.3) is 0 Å². The fourth-order valence-corrected chi connectivity index (χ4v) is 6.87. The normalized spacial score (nSPS) is 28.0. The summed E-state index contributed by atoms with van der Waals surface area (Å²) in [4.78, 5) is 25.6. The van der Waals surface area contributed by atoms with Crippen molar-refractivity contribution in [1.29, 1.82) is 0 Å². The molecule has 0 unspecified atom stereocenters. The van der Waals surface area contributed by atoms with Crippen LogP contribution in [-0.2, 0) is 9.59 Å². The molecule has 4 fully saturated rings. The number of nitrogens with zero attached hydrogens (tertiary/aromatic N) is 2. The highest BCUT2D eigenvalue weighted by Gasteiger charge is 2.54. The van der Waals surface area contributed by atoms with Crippen molar-refractivity contribution < 1.29 is 9.59 Å². The summed E-state index contributed by atoms with van der Waals surface area (Å²) in [5.41, 5.74) is 3.35. The smallest absolute Gasteiger partial charge is 0.226 e. The Bertz CT molecular complexity index is 975. The van der Waals surface area contributed by atoms with Gasteiger partial charge in [-0.15, -0.1) is 0 Å². The Balaban J connectivity index is 1.12. The second-order valence-corrected chi connectivity index (χ2v) is 10.4. The van der Waals surface area contributed by atoms with Crippen molar-refractivity contribution in [3.63, 3.8) is 0 Å². The van der Waals surface area contributed by atoms with Gasteiger partial charge in [-0.2, -0.15) is 5.10 Å². The Morgan fingerprint density at radius 3 is 2.28 bits per heavy atom. The van der Waals surface area contributed by atoms with Gasteiger partial charge in [0.15, 0.2) is 0 Å². The first-order chi connectivity index (χ1) is 15.4. The molecule has 4 aliphatic carbocycles. The standard InChI is InChI=1S/C26H34N4O2/c1-17-24(18(2)30(29-17)22-7-4-3-5-8-22)28-23(31)9-6-10-27-25(32)26-14-19-11-20(15-26)13-21(12-19)16-26/h3-5,7-8,19-21H,6,9-16H2,1-2H3,(H,27,32)(H,28,31). The topological polar surface area (TPSA) is 76.0 Å². The minimum atomic E-state index is -0.114. The van der Waals surface area contributed by atoms with Crippen molar-refractivity contribution in [3.8, 4) is 5.69 Å². The Morgan fingerprint density at radius 2 is 1.66 bits per heavy atom. The summed E-state index contributed by atoms with van der Waals surface area (Å²) in [7, 11) is 0. The lowest BCUT2D eigenvalue weighted by atomic mass is 9.49. The molecule has 2 amide bonds. The zero-order valence-corrected chi connectivity index (χ0v) is 19.2. The average molecular weight is 435 g/mol. The summed E-state index contributed by atoms with van der Waals surface area (Å²) in [6.45, 7) is 4.44. The lowest BCUT2D eigenvalue weighted by Crippen LogP contribution is -2.53. The minimum Gasteiger partial charge on any atom is -0.356 e. The maximum absolute atomic E-state index is 13.0. The third-order valence-electron chi connectivity index (χ3n) is 7.94. The summed E-state index contributed by atoms with van der Waals surface area (Å²) in [5.74, 6) is 2.50. The van der Waals surface area contributed by atoms with Gasteiger partial charge in [0.2, 0.25) is 11.8 Å². The third-order valence-corrected chi connectivity index (χ3v) is 7.94. The first kappa shape index (κ1) is 21.2. The number of carbonyl (C=O) groups excluding carboxylic acids is 2. The van der Waals surface area contributed by atoms with Crippen LogP contribution in [-0.4, -0.2) is 28.1 Å². The molecule has 170 valence electrons. The molecule has 0 spiro atoms. The molecule has 1 aromatic heterocycles. The van der Waals surface area contributed by atoms with Crippen LogP contribution in [0.15, 0.2) is 30.3 Å². The number of amides is 2. The van der Waals surface area contributed by atoms with Gasteiger partial charge in [0.05, 0.1) is 22.8 Å². The van der Waals surface area contributed by atoms with Crippen LogP contribution < -0.4 is 10.6 Å². The van der Waals surface area contributed by atoms with E-state index in [1.54, 1.807) is 0 Å². The lowest BCUT2D eigenvalue weighted by molar-refractivity contribution is -0.146. The highest BCUT2D eigenvalue weighted by atomic mass is 16.2. The predicted octanol–water partition coefficient (Wildman–Crippen LogP) is 4.54. The highest BCUT2D eigenvalue weighted by molar-refractivity contribution is 5.92. The zero-order valence-electron chi connectivity index (χ0n) is 19.2. The van der Waals surface area contributed by atoms with Crippen LogP contribution in [0.1, 0.15) is 62.8 Å². The number of aryl methyl sites for hydroxylation is 1. The number of hydrogen-bond acceptors (Lipinski definition) is 3. The van der Waals surface area contributed by atoms with Gasteiger partial charge in [-0.25, -0.2) is 4.68 Å². The second-order valence-electron chi connectivity index (χ2n) is 10.4. The van der Waals surface area contributed by atoms with Gasteiger partial charge in [0, 0.05) is 18.4 Å². The number of para-hydroxylation sites is 1. The number of rotatable bonds is 7. The van der Waals surface area contributed by atoms with Gasteiger partial charge in [0.1, 0.15) is 0 Å². The Hall–Kier alpha value is -2.63. The van der Waals surface area contributed by atoms with Gasteiger partial charge in [-0.3, -0.25) is 9.59 Å². The van der Waals surface area contributed by atoms with Crippen LogP contribution in [0.25, 0.3) is 5.69 Å². The summed E-state index contributed by atoms with van der Waals surface area (Å²) in [6, 6.07) is 9.92. The van der Waals surface area contributed by atoms with Crippen molar-refractivity contribution in [2.24, 2.45) is 23.2 Å². The van der Waals surface area contributed by atoms with Crippen LogP contribution in [0.2, 0.25) is 0 Å². The van der Waals surface area contributed by atoms with Crippen LogP contribution in [0.3, 0.4) is 0 Å². The van der Waals surface area contributed by atoms with Crippen molar-refractivity contribution in [2.75, 3.05) is 11.9 Å². The van der Waals surface area contributed by atoms with Crippen LogP contribution in [0, 0.1) is 37.0 Å². The summed E-state index contributed by atoms with van der Waals surface area (Å²) in [5, 5.41) is 10.8. The molecule has 4 saturated carbocycles. The second kappa shape index (κ2) is 8.38. The van der Waals surface area contributed by atoms with E-state index in [-0.39, 0.29) is 17.2 Å². The molecule has 6 heteroatoms. The molecule has 0 saturated heterocycles. The monoisotopic (exact) mass is 434 g/mol. The maximum atomic E-state index is 13.0. The van der Waals surface area contributed by atoms with E-state index in [0.717, 1.165) is 59.8 Å². The van der Waals surface area contributed by atoms with Crippen LogP contribution in [0.4, 0.5) is 5.69 Å². The van der Waals surface area contributed by atoms with E-state index >= 15 is 0 Å². The number of benzene rings is 1. The molecular formula is C26H34N4O2. The molecule has 2 N–H and O–H groups in total. The van der Waals surface area contributed by atoms with Crippen LogP contribution in [0.5, 0.6) is 0 Å². The number of carbonyl (C=O) groups is 2. The number of nitrogens with one attached hydrogen (secondary N) is 2. The number of hydrogen-bond donors (Lipinski definition) is 2. The van der Waals surface area contributed by atoms with E-state index in [9.17, 15) is 9.59 Å².